The van der Waals surface area contributed by atoms with E-state index in [1.807, 2.05) is 90.6 Å². The number of thioether (sulfide) groups is 1. The van der Waals surface area contributed by atoms with E-state index >= 15 is 0 Å². The molecule has 0 unspecified atom stereocenters. The Hall–Kier alpha value is -2.23. The molecule has 0 aliphatic carbocycles. The molecule has 30 heavy (non-hydrogen) atoms. The fraction of sp³-hybridized carbons (Fsp3) is 0.269. The molecule has 0 aliphatic heterocycles. The predicted octanol–water partition coefficient (Wildman–Crippen LogP) is 8.13. The average molecular weight is 438 g/mol. The van der Waals surface area contributed by atoms with Crippen LogP contribution >= 0.6 is 23.4 Å². The zero-order valence-electron chi connectivity index (χ0n) is 17.4. The molecule has 0 radical (unpaired) electrons. The van der Waals surface area contributed by atoms with Gasteiger partial charge in [0.05, 0.1) is 5.69 Å². The lowest BCUT2D eigenvalue weighted by Crippen LogP contribution is -2.27. The van der Waals surface area contributed by atoms with Gasteiger partial charge in [0.1, 0.15) is 0 Å². The first-order valence-electron chi connectivity index (χ1n) is 10.5. The lowest BCUT2D eigenvalue weighted by molar-refractivity contribution is 0.0999. The standard InChI is InChI=1S/C26H28ClNOS/c1-2-3-4-11-18-30-20-22-16-17-23(27)19-25(22)28(24-14-9-6-10-15-24)26(29)21-12-7-5-8-13-21/h5-10,12-17,19H,2-4,11,18,20H2,1H3. The molecule has 0 spiro atoms. The molecule has 156 valence electrons. The number of benzene rings is 3. The van der Waals surface area contributed by atoms with E-state index < -0.39 is 0 Å². The number of hydrogen-bond acceptors (Lipinski definition) is 2. The summed E-state index contributed by atoms with van der Waals surface area (Å²) in [4.78, 5) is 15.3. The van der Waals surface area contributed by atoms with Crippen LogP contribution in [0.1, 0.15) is 48.5 Å². The number of carbonyl (C=O) groups is 1. The van der Waals surface area contributed by atoms with Crippen LogP contribution in [0.5, 0.6) is 0 Å². The Bertz CT molecular complexity index is 930. The number of halogens is 1. The van der Waals surface area contributed by atoms with E-state index in [1.165, 1.54) is 25.7 Å². The maximum absolute atomic E-state index is 13.5. The van der Waals surface area contributed by atoms with Gasteiger partial charge in [-0.25, -0.2) is 0 Å². The Morgan fingerprint density at radius 2 is 1.60 bits per heavy atom. The maximum atomic E-state index is 13.5. The van der Waals surface area contributed by atoms with Crippen LogP contribution in [0.2, 0.25) is 5.02 Å². The number of amides is 1. The van der Waals surface area contributed by atoms with Crippen molar-refractivity contribution < 1.29 is 4.79 Å². The molecule has 0 atom stereocenters. The van der Waals surface area contributed by atoms with Crippen molar-refractivity contribution in [2.24, 2.45) is 0 Å². The number of unbranched alkanes of at least 4 members (excludes halogenated alkanes) is 3. The molecule has 3 rings (SSSR count). The predicted molar refractivity (Wildman–Crippen MR) is 131 cm³/mol. The normalized spacial score (nSPS) is 10.7. The van der Waals surface area contributed by atoms with Gasteiger partial charge in [0.25, 0.3) is 5.91 Å². The zero-order chi connectivity index (χ0) is 21.2. The van der Waals surface area contributed by atoms with Crippen LogP contribution in [0.4, 0.5) is 11.4 Å². The van der Waals surface area contributed by atoms with Crippen LogP contribution in [0, 0.1) is 0 Å². The summed E-state index contributed by atoms with van der Waals surface area (Å²) in [7, 11) is 0. The fourth-order valence-corrected chi connectivity index (χ4v) is 4.52. The summed E-state index contributed by atoms with van der Waals surface area (Å²) in [6.07, 6.45) is 5.05. The number of carbonyl (C=O) groups excluding carboxylic acids is 1. The summed E-state index contributed by atoms with van der Waals surface area (Å²) in [5.74, 6) is 1.92. The molecule has 0 bridgehead atoms. The average Bonchev–Trinajstić information content (AvgIpc) is 2.79. The minimum absolute atomic E-state index is 0.0572. The van der Waals surface area contributed by atoms with Crippen LogP contribution in [0.15, 0.2) is 78.9 Å². The molecule has 0 heterocycles. The van der Waals surface area contributed by atoms with Crippen molar-refractivity contribution in [3.05, 3.63) is 95.0 Å². The highest BCUT2D eigenvalue weighted by atomic mass is 35.5. The Balaban J connectivity index is 1.91. The quantitative estimate of drug-likeness (QED) is 0.298. The maximum Gasteiger partial charge on any atom is 0.262 e. The SMILES string of the molecule is CCCCCCSCc1ccc(Cl)cc1N(C(=O)c1ccccc1)c1ccccc1. The highest BCUT2D eigenvalue weighted by molar-refractivity contribution is 7.98. The van der Waals surface area contributed by atoms with Crippen molar-refractivity contribution >= 4 is 40.6 Å². The van der Waals surface area contributed by atoms with Gasteiger partial charge in [0.15, 0.2) is 0 Å². The van der Waals surface area contributed by atoms with E-state index in [1.54, 1.807) is 4.90 Å². The summed E-state index contributed by atoms with van der Waals surface area (Å²) >= 11 is 8.29. The van der Waals surface area contributed by atoms with Crippen molar-refractivity contribution in [2.45, 2.75) is 38.4 Å². The molecule has 0 saturated heterocycles. The fourth-order valence-electron chi connectivity index (χ4n) is 3.33. The van der Waals surface area contributed by atoms with Crippen molar-refractivity contribution in [3.63, 3.8) is 0 Å². The minimum Gasteiger partial charge on any atom is -0.277 e. The molecule has 0 saturated carbocycles. The first-order valence-corrected chi connectivity index (χ1v) is 12.0. The van der Waals surface area contributed by atoms with Gasteiger partial charge in [-0.2, -0.15) is 11.8 Å². The minimum atomic E-state index is -0.0572. The topological polar surface area (TPSA) is 20.3 Å². The zero-order valence-corrected chi connectivity index (χ0v) is 19.0. The van der Waals surface area contributed by atoms with Gasteiger partial charge in [-0.05, 0) is 54.1 Å². The molecule has 0 N–H and O–H groups in total. The van der Waals surface area contributed by atoms with E-state index in [0.717, 1.165) is 28.4 Å². The Kier molecular flexibility index (Phi) is 8.85. The summed E-state index contributed by atoms with van der Waals surface area (Å²) in [6.45, 7) is 2.23. The van der Waals surface area contributed by atoms with Crippen LogP contribution in [0.3, 0.4) is 0 Å². The van der Waals surface area contributed by atoms with Crippen molar-refractivity contribution in [3.8, 4) is 0 Å². The van der Waals surface area contributed by atoms with Gasteiger partial charge >= 0.3 is 0 Å². The van der Waals surface area contributed by atoms with Crippen molar-refractivity contribution in [1.29, 1.82) is 0 Å². The summed E-state index contributed by atoms with van der Waals surface area (Å²) < 4.78 is 0. The Labute approximate surface area is 189 Å². The first kappa shape index (κ1) is 22.5. The van der Waals surface area contributed by atoms with Crippen LogP contribution in [0.25, 0.3) is 0 Å². The van der Waals surface area contributed by atoms with Crippen molar-refractivity contribution in [1.82, 2.24) is 0 Å². The van der Waals surface area contributed by atoms with E-state index in [2.05, 4.69) is 6.92 Å². The van der Waals surface area contributed by atoms with E-state index in [4.69, 9.17) is 11.6 Å². The third-order valence-electron chi connectivity index (χ3n) is 4.93. The molecule has 2 nitrogen and oxygen atoms in total. The summed E-state index contributed by atoms with van der Waals surface area (Å²) in [5.41, 5.74) is 3.46. The van der Waals surface area contributed by atoms with Gasteiger partial charge in [0, 0.05) is 22.0 Å². The third kappa shape index (κ3) is 6.13. The van der Waals surface area contributed by atoms with Crippen LogP contribution in [-0.2, 0) is 5.75 Å². The number of nitrogens with zero attached hydrogens (tertiary/aromatic N) is 1. The Morgan fingerprint density at radius 1 is 0.900 bits per heavy atom. The van der Waals surface area contributed by atoms with E-state index in [0.29, 0.717) is 10.6 Å². The van der Waals surface area contributed by atoms with Crippen LogP contribution < -0.4 is 4.90 Å². The van der Waals surface area contributed by atoms with Gasteiger partial charge < -0.3 is 0 Å². The number of rotatable bonds is 10. The van der Waals surface area contributed by atoms with Gasteiger partial charge in [0.2, 0.25) is 0 Å². The van der Waals surface area contributed by atoms with Gasteiger partial charge in [-0.1, -0.05) is 80.3 Å². The molecular formula is C26H28ClNOS. The summed E-state index contributed by atoms with van der Waals surface area (Å²) in [6, 6.07) is 25.1. The molecule has 0 aromatic heterocycles. The molecule has 4 heteroatoms. The number of hydrogen-bond donors (Lipinski definition) is 0. The lowest BCUT2D eigenvalue weighted by Gasteiger charge is -2.26. The largest absolute Gasteiger partial charge is 0.277 e. The molecule has 0 fully saturated rings. The van der Waals surface area contributed by atoms with Gasteiger partial charge in [-0.15, -0.1) is 0 Å². The second-order valence-electron chi connectivity index (χ2n) is 7.23. The highest BCUT2D eigenvalue weighted by Crippen LogP contribution is 2.34. The Morgan fingerprint density at radius 3 is 2.30 bits per heavy atom. The molecule has 3 aromatic rings. The molecule has 0 aliphatic rings. The van der Waals surface area contributed by atoms with Crippen LogP contribution in [-0.4, -0.2) is 11.7 Å². The lowest BCUT2D eigenvalue weighted by atomic mass is 10.1. The van der Waals surface area contributed by atoms with Gasteiger partial charge in [-0.3, -0.25) is 9.69 Å². The second kappa shape index (κ2) is 11.8. The third-order valence-corrected chi connectivity index (χ3v) is 6.25. The highest BCUT2D eigenvalue weighted by Gasteiger charge is 2.22. The second-order valence-corrected chi connectivity index (χ2v) is 8.77. The number of anilines is 2. The smallest absolute Gasteiger partial charge is 0.262 e. The molecule has 1 amide bonds. The molecular weight excluding hydrogens is 410 g/mol. The van der Waals surface area contributed by atoms with E-state index in [9.17, 15) is 4.79 Å². The molecule has 3 aromatic carbocycles. The first-order chi connectivity index (χ1) is 14.7. The summed E-state index contributed by atoms with van der Waals surface area (Å²) in [5, 5.41) is 0.628. The van der Waals surface area contributed by atoms with Crippen molar-refractivity contribution in [2.75, 3.05) is 10.7 Å². The van der Waals surface area contributed by atoms with E-state index in [-0.39, 0.29) is 5.91 Å². The monoisotopic (exact) mass is 437 g/mol. The number of para-hydroxylation sites is 1.